The molecule has 0 spiro atoms. The van der Waals surface area contributed by atoms with E-state index in [0.717, 1.165) is 11.5 Å². The van der Waals surface area contributed by atoms with Crippen molar-refractivity contribution in [2.45, 2.75) is 19.5 Å². The predicted octanol–water partition coefficient (Wildman–Crippen LogP) is 2.06. The summed E-state index contributed by atoms with van der Waals surface area (Å²) in [5.74, 6) is -0.716. The molecule has 0 aliphatic heterocycles. The maximum atomic E-state index is 12.6. The van der Waals surface area contributed by atoms with Gasteiger partial charge in [-0.25, -0.2) is 0 Å². The number of carbonyl (C=O) groups is 1. The average molecular weight is 318 g/mol. The van der Waals surface area contributed by atoms with Crippen LogP contribution in [0.5, 0.6) is 0 Å². The number of pyridine rings is 1. The highest BCUT2D eigenvalue weighted by atomic mass is 32.1. The molecule has 112 valence electrons. The van der Waals surface area contributed by atoms with Gasteiger partial charge in [-0.1, -0.05) is 11.4 Å². The number of hydrogen-bond donors (Lipinski definition) is 2. The molecule has 2 rings (SSSR count). The number of amides is 1. The third-order valence-electron chi connectivity index (χ3n) is 2.58. The second-order valence-electron chi connectivity index (χ2n) is 3.99. The van der Waals surface area contributed by atoms with Crippen LogP contribution in [-0.2, 0) is 12.6 Å². The summed E-state index contributed by atoms with van der Waals surface area (Å²) in [4.78, 5) is 25.5. The van der Waals surface area contributed by atoms with Crippen LogP contribution in [0.15, 0.2) is 17.1 Å². The van der Waals surface area contributed by atoms with Gasteiger partial charge in [0.1, 0.15) is 10.6 Å². The minimum absolute atomic E-state index is 0.161. The topological polar surface area (TPSA) is 87.7 Å². The van der Waals surface area contributed by atoms with E-state index in [4.69, 9.17) is 0 Å². The van der Waals surface area contributed by atoms with E-state index in [1.54, 1.807) is 6.92 Å². The van der Waals surface area contributed by atoms with Crippen LogP contribution in [0.2, 0.25) is 0 Å². The summed E-state index contributed by atoms with van der Waals surface area (Å²) >= 11 is 0.809. The summed E-state index contributed by atoms with van der Waals surface area (Å²) in [6.45, 7) is 1.75. The van der Waals surface area contributed by atoms with Crippen molar-refractivity contribution in [3.8, 4) is 0 Å². The summed E-state index contributed by atoms with van der Waals surface area (Å²) in [7, 11) is 0. The van der Waals surface area contributed by atoms with E-state index in [9.17, 15) is 22.8 Å². The normalized spacial score (nSPS) is 11.4. The van der Waals surface area contributed by atoms with E-state index in [1.165, 1.54) is 0 Å². The smallest absolute Gasteiger partial charge is 0.327 e. The quantitative estimate of drug-likeness (QED) is 0.907. The number of hydrogen-bond acceptors (Lipinski definition) is 5. The molecule has 0 bridgehead atoms. The molecule has 21 heavy (non-hydrogen) atoms. The fourth-order valence-electron chi connectivity index (χ4n) is 1.53. The molecule has 6 nitrogen and oxygen atoms in total. The molecule has 1 amide bonds. The van der Waals surface area contributed by atoms with Gasteiger partial charge in [-0.05, 0) is 24.0 Å². The van der Waals surface area contributed by atoms with Gasteiger partial charge in [-0.15, -0.1) is 5.10 Å². The summed E-state index contributed by atoms with van der Waals surface area (Å²) in [5.41, 5.74) is -1.95. The first kappa shape index (κ1) is 15.2. The van der Waals surface area contributed by atoms with Crippen LogP contribution in [0.4, 0.5) is 18.9 Å². The van der Waals surface area contributed by atoms with E-state index in [2.05, 4.69) is 14.9 Å². The van der Waals surface area contributed by atoms with Gasteiger partial charge in [-0.2, -0.15) is 13.2 Å². The summed E-state index contributed by atoms with van der Waals surface area (Å²) < 4.78 is 41.3. The van der Waals surface area contributed by atoms with Crippen molar-refractivity contribution >= 4 is 23.1 Å². The van der Waals surface area contributed by atoms with Gasteiger partial charge in [0, 0.05) is 6.20 Å². The fraction of sp³-hybridized carbons (Fsp3) is 0.273. The van der Waals surface area contributed by atoms with Crippen LogP contribution in [0.3, 0.4) is 0 Å². The first-order valence-corrected chi connectivity index (χ1v) is 6.52. The number of nitrogens with zero attached hydrogens (tertiary/aromatic N) is 2. The molecule has 0 fully saturated rings. The minimum Gasteiger partial charge on any atom is -0.327 e. The number of aryl methyl sites for hydroxylation is 1. The van der Waals surface area contributed by atoms with Crippen LogP contribution in [0.25, 0.3) is 0 Å². The first-order chi connectivity index (χ1) is 9.82. The average Bonchev–Trinajstić information content (AvgIpc) is 2.88. The van der Waals surface area contributed by atoms with E-state index < -0.39 is 28.9 Å². The van der Waals surface area contributed by atoms with Crippen LogP contribution in [0.1, 0.15) is 27.9 Å². The molecule has 0 aliphatic rings. The van der Waals surface area contributed by atoms with E-state index in [-0.39, 0.29) is 4.88 Å². The van der Waals surface area contributed by atoms with E-state index >= 15 is 0 Å². The Balaban J connectivity index is 2.31. The van der Waals surface area contributed by atoms with Crippen molar-refractivity contribution in [2.75, 3.05) is 5.32 Å². The number of alkyl halides is 3. The zero-order valence-corrected chi connectivity index (χ0v) is 11.4. The number of rotatable bonds is 3. The lowest BCUT2D eigenvalue weighted by Crippen LogP contribution is -2.21. The molecular formula is C11H9F3N4O2S. The van der Waals surface area contributed by atoms with E-state index in [1.807, 2.05) is 4.98 Å². The van der Waals surface area contributed by atoms with Crippen molar-refractivity contribution in [3.63, 3.8) is 0 Å². The molecule has 2 heterocycles. The molecule has 10 heteroatoms. The number of H-pyrrole nitrogens is 1. The SMILES string of the molecule is CCc1nnsc1C(=O)Nc1cc(C(F)(F)F)c[nH]c1=O. The largest absolute Gasteiger partial charge is 0.417 e. The van der Waals surface area contributed by atoms with Gasteiger partial charge in [0.15, 0.2) is 0 Å². The van der Waals surface area contributed by atoms with Gasteiger partial charge >= 0.3 is 6.18 Å². The Morgan fingerprint density at radius 1 is 1.48 bits per heavy atom. The fourth-order valence-corrected chi connectivity index (χ4v) is 2.18. The summed E-state index contributed by atoms with van der Waals surface area (Å²) in [6.07, 6.45) is -3.63. The molecule has 2 aromatic heterocycles. The Labute approximate surface area is 120 Å². The van der Waals surface area contributed by atoms with Crippen LogP contribution in [-0.4, -0.2) is 20.5 Å². The lowest BCUT2D eigenvalue weighted by Gasteiger charge is -2.08. The van der Waals surface area contributed by atoms with Crippen molar-refractivity contribution in [1.29, 1.82) is 0 Å². The maximum Gasteiger partial charge on any atom is 0.417 e. The Kier molecular flexibility index (Phi) is 4.07. The summed E-state index contributed by atoms with van der Waals surface area (Å²) in [6, 6.07) is 0.580. The van der Waals surface area contributed by atoms with Crippen LogP contribution < -0.4 is 10.9 Å². The lowest BCUT2D eigenvalue weighted by atomic mass is 10.2. The minimum atomic E-state index is -4.62. The van der Waals surface area contributed by atoms with Crippen molar-refractivity contribution in [1.82, 2.24) is 14.6 Å². The second-order valence-corrected chi connectivity index (χ2v) is 4.74. The predicted molar refractivity (Wildman–Crippen MR) is 69.3 cm³/mol. The summed E-state index contributed by atoms with van der Waals surface area (Å²) in [5, 5.41) is 5.87. The molecular weight excluding hydrogens is 309 g/mol. The molecule has 0 saturated carbocycles. The number of anilines is 1. The third kappa shape index (κ3) is 3.27. The Morgan fingerprint density at radius 3 is 2.81 bits per heavy atom. The zero-order valence-electron chi connectivity index (χ0n) is 10.6. The maximum absolute atomic E-state index is 12.6. The van der Waals surface area contributed by atoms with Crippen molar-refractivity contribution < 1.29 is 18.0 Å². The van der Waals surface area contributed by atoms with Gasteiger partial charge < -0.3 is 10.3 Å². The highest BCUT2D eigenvalue weighted by Gasteiger charge is 2.31. The molecule has 0 saturated heterocycles. The standard InChI is InChI=1S/C11H9F3N4O2S/c1-2-6-8(21-18-17-6)10(20)16-7-3-5(11(12,13)14)4-15-9(7)19/h3-4H,2H2,1H3,(H,15,19)(H,16,20). The third-order valence-corrected chi connectivity index (χ3v) is 3.34. The Bertz CT molecular complexity index is 723. The first-order valence-electron chi connectivity index (χ1n) is 5.75. The van der Waals surface area contributed by atoms with Gasteiger partial charge in [0.05, 0.1) is 11.3 Å². The van der Waals surface area contributed by atoms with Crippen molar-refractivity contribution in [2.24, 2.45) is 0 Å². The highest BCUT2D eigenvalue weighted by Crippen LogP contribution is 2.29. The molecule has 0 aromatic carbocycles. The molecule has 0 unspecified atom stereocenters. The second kappa shape index (κ2) is 5.64. The monoisotopic (exact) mass is 318 g/mol. The molecule has 0 radical (unpaired) electrons. The lowest BCUT2D eigenvalue weighted by molar-refractivity contribution is -0.137. The molecule has 0 atom stereocenters. The number of halogens is 3. The zero-order chi connectivity index (χ0) is 15.6. The Morgan fingerprint density at radius 2 is 2.19 bits per heavy atom. The van der Waals surface area contributed by atoms with Gasteiger partial charge in [0.25, 0.3) is 11.5 Å². The molecule has 2 aromatic rings. The number of nitrogens with one attached hydrogen (secondary N) is 2. The number of aromatic amines is 1. The number of carbonyl (C=O) groups excluding carboxylic acids is 1. The van der Waals surface area contributed by atoms with Gasteiger partial charge in [-0.3, -0.25) is 9.59 Å². The highest BCUT2D eigenvalue weighted by molar-refractivity contribution is 7.08. The van der Waals surface area contributed by atoms with E-state index in [0.29, 0.717) is 24.4 Å². The van der Waals surface area contributed by atoms with Crippen LogP contribution in [0, 0.1) is 0 Å². The number of aromatic nitrogens is 3. The molecule has 2 N–H and O–H groups in total. The Hall–Kier alpha value is -2.23. The van der Waals surface area contributed by atoms with Crippen LogP contribution >= 0.6 is 11.5 Å². The van der Waals surface area contributed by atoms with Crippen molar-refractivity contribution in [3.05, 3.63) is 38.8 Å². The van der Waals surface area contributed by atoms with Gasteiger partial charge in [0.2, 0.25) is 0 Å². The molecule has 0 aliphatic carbocycles.